The lowest BCUT2D eigenvalue weighted by atomic mass is 9.98. The van der Waals surface area contributed by atoms with Gasteiger partial charge >= 0.3 is 6.20 Å². The molecule has 1 atom stereocenters. The lowest BCUT2D eigenvalue weighted by Crippen LogP contribution is -1.93. The predicted octanol–water partition coefficient (Wildman–Crippen LogP) is 3.46. The van der Waals surface area contributed by atoms with Crippen LogP contribution in [0.25, 0.3) is 4.85 Å². The van der Waals surface area contributed by atoms with E-state index in [1.54, 1.807) is 6.20 Å². The standard InChI is InChI=1S/C10H16N/c1-5-9(3)10(6-2)7-8-11-4/h4,6-9H,5H2,1-3H3/q+1/b8-7-,10-6+. The maximum Gasteiger partial charge on any atom is 0.305 e. The van der Waals surface area contributed by atoms with Crippen molar-refractivity contribution in [3.63, 3.8) is 0 Å². The Kier molecular flexibility index (Phi) is 5.20. The molecule has 0 rings (SSSR count). The minimum atomic E-state index is 0.595. The molecular formula is C10H16N+. The molecule has 0 aliphatic heterocycles. The topological polar surface area (TPSA) is 4.36 Å². The molecule has 0 fully saturated rings. The summed E-state index contributed by atoms with van der Waals surface area (Å²) in [6.07, 6.45) is 6.82. The molecule has 0 spiro atoms. The summed E-state index contributed by atoms with van der Waals surface area (Å²) < 4.78 is 0. The SMILES string of the molecule is C#[N+]/C=C\C(=C/C)C(C)CC. The monoisotopic (exact) mass is 150 g/mol. The Bertz CT molecular complexity index is 193. The van der Waals surface area contributed by atoms with E-state index >= 15 is 0 Å². The van der Waals surface area contributed by atoms with Crippen LogP contribution in [0.2, 0.25) is 0 Å². The van der Waals surface area contributed by atoms with Gasteiger partial charge in [0.25, 0.3) is 6.57 Å². The van der Waals surface area contributed by atoms with Crippen LogP contribution >= 0.6 is 0 Å². The largest absolute Gasteiger partial charge is 0.305 e. The quantitative estimate of drug-likeness (QED) is 0.543. The van der Waals surface area contributed by atoms with Crippen LogP contribution in [0.15, 0.2) is 23.9 Å². The van der Waals surface area contributed by atoms with Gasteiger partial charge in [0.05, 0.1) is 0 Å². The van der Waals surface area contributed by atoms with Crippen molar-refractivity contribution in [1.29, 1.82) is 0 Å². The Labute approximate surface area is 69.2 Å². The average molecular weight is 150 g/mol. The number of allylic oxidation sites excluding steroid dienone is 3. The smallest absolute Gasteiger partial charge is 0.0839 e. The summed E-state index contributed by atoms with van der Waals surface area (Å²) in [6.45, 7) is 11.4. The average Bonchev–Trinajstić information content (AvgIpc) is 2.05. The summed E-state index contributed by atoms with van der Waals surface area (Å²) in [4.78, 5) is 3.42. The van der Waals surface area contributed by atoms with E-state index in [1.165, 1.54) is 5.57 Å². The molecule has 1 unspecified atom stereocenters. The molecule has 0 aliphatic rings. The number of rotatable bonds is 3. The summed E-state index contributed by atoms with van der Waals surface area (Å²) >= 11 is 0. The van der Waals surface area contributed by atoms with Crippen LogP contribution in [-0.2, 0) is 0 Å². The molecule has 0 amide bonds. The van der Waals surface area contributed by atoms with E-state index in [9.17, 15) is 0 Å². The first-order valence-corrected chi connectivity index (χ1v) is 3.99. The van der Waals surface area contributed by atoms with Gasteiger partial charge in [-0.1, -0.05) is 19.9 Å². The van der Waals surface area contributed by atoms with Crippen molar-refractivity contribution >= 4 is 0 Å². The zero-order valence-electron chi connectivity index (χ0n) is 7.54. The molecule has 0 saturated carbocycles. The van der Waals surface area contributed by atoms with Crippen LogP contribution < -0.4 is 0 Å². The van der Waals surface area contributed by atoms with Crippen LogP contribution in [0, 0.1) is 12.5 Å². The lowest BCUT2D eigenvalue weighted by molar-refractivity contribution is 0.669. The summed E-state index contributed by atoms with van der Waals surface area (Å²) in [5.41, 5.74) is 1.29. The van der Waals surface area contributed by atoms with Crippen molar-refractivity contribution < 1.29 is 0 Å². The van der Waals surface area contributed by atoms with Crippen LogP contribution in [0.4, 0.5) is 0 Å². The summed E-state index contributed by atoms with van der Waals surface area (Å²) in [5.74, 6) is 0.595. The highest BCUT2D eigenvalue weighted by molar-refractivity contribution is 5.21. The van der Waals surface area contributed by atoms with Gasteiger partial charge < -0.3 is 0 Å². The molecule has 11 heavy (non-hydrogen) atoms. The molecule has 0 radical (unpaired) electrons. The maximum atomic E-state index is 4.98. The molecule has 0 aromatic heterocycles. The van der Waals surface area contributed by atoms with Gasteiger partial charge in [0.2, 0.25) is 0 Å². The van der Waals surface area contributed by atoms with E-state index in [0.29, 0.717) is 5.92 Å². The summed E-state index contributed by atoms with van der Waals surface area (Å²) in [6, 6.07) is 0. The first-order valence-electron chi connectivity index (χ1n) is 3.99. The minimum absolute atomic E-state index is 0.595. The van der Waals surface area contributed by atoms with Gasteiger partial charge in [0.15, 0.2) is 0 Å². The van der Waals surface area contributed by atoms with Gasteiger partial charge in [-0.3, -0.25) is 0 Å². The first kappa shape index (κ1) is 9.97. The zero-order valence-corrected chi connectivity index (χ0v) is 7.54. The molecule has 0 aromatic rings. The number of nitrogens with zero attached hydrogens (tertiary/aromatic N) is 1. The lowest BCUT2D eigenvalue weighted by Gasteiger charge is -2.06. The Balaban J connectivity index is 4.22. The predicted molar refractivity (Wildman–Crippen MR) is 50.7 cm³/mol. The minimum Gasteiger partial charge on any atom is -0.0839 e. The normalized spacial score (nSPS) is 14.9. The highest BCUT2D eigenvalue weighted by atomic mass is 14.6. The van der Waals surface area contributed by atoms with E-state index in [2.05, 4.69) is 24.8 Å². The highest BCUT2D eigenvalue weighted by Crippen LogP contribution is 2.14. The molecule has 1 heteroatoms. The van der Waals surface area contributed by atoms with Gasteiger partial charge in [0, 0.05) is 6.08 Å². The Morgan fingerprint density at radius 2 is 2.27 bits per heavy atom. The van der Waals surface area contributed by atoms with Gasteiger partial charge in [-0.25, -0.2) is 0 Å². The second kappa shape index (κ2) is 5.73. The van der Waals surface area contributed by atoms with E-state index in [-0.39, 0.29) is 0 Å². The molecular weight excluding hydrogens is 134 g/mol. The maximum absolute atomic E-state index is 4.98. The van der Waals surface area contributed by atoms with Crippen molar-refractivity contribution in [2.45, 2.75) is 27.2 Å². The third-order valence-corrected chi connectivity index (χ3v) is 1.87. The Hall–Kier alpha value is -1.03. The molecule has 60 valence electrons. The number of hydrogen-bond donors (Lipinski definition) is 0. The Morgan fingerprint density at radius 3 is 2.64 bits per heavy atom. The van der Waals surface area contributed by atoms with Gasteiger partial charge in [-0.2, -0.15) is 0 Å². The van der Waals surface area contributed by atoms with Crippen LogP contribution in [-0.4, -0.2) is 0 Å². The Morgan fingerprint density at radius 1 is 1.64 bits per heavy atom. The van der Waals surface area contributed by atoms with Crippen LogP contribution in [0.1, 0.15) is 27.2 Å². The molecule has 0 heterocycles. The van der Waals surface area contributed by atoms with Crippen molar-refractivity contribution in [1.82, 2.24) is 0 Å². The first-order chi connectivity index (χ1) is 5.26. The van der Waals surface area contributed by atoms with E-state index in [0.717, 1.165) is 6.42 Å². The van der Waals surface area contributed by atoms with Crippen LogP contribution in [0.3, 0.4) is 0 Å². The molecule has 0 saturated heterocycles. The molecule has 1 nitrogen and oxygen atoms in total. The fraction of sp³-hybridized carbons (Fsp3) is 0.500. The van der Waals surface area contributed by atoms with Crippen molar-refractivity contribution in [3.8, 4) is 6.57 Å². The molecule has 0 aliphatic carbocycles. The van der Waals surface area contributed by atoms with Gasteiger partial charge in [-0.15, -0.1) is 0 Å². The van der Waals surface area contributed by atoms with Crippen LogP contribution in [0.5, 0.6) is 0 Å². The molecule has 0 aromatic carbocycles. The second-order valence-electron chi connectivity index (χ2n) is 2.56. The fourth-order valence-corrected chi connectivity index (χ4v) is 0.910. The zero-order chi connectivity index (χ0) is 8.69. The molecule has 0 N–H and O–H groups in total. The van der Waals surface area contributed by atoms with Gasteiger partial charge in [-0.05, 0) is 29.7 Å². The third-order valence-electron chi connectivity index (χ3n) is 1.87. The van der Waals surface area contributed by atoms with Gasteiger partial charge in [0.1, 0.15) is 0 Å². The van der Waals surface area contributed by atoms with Crippen molar-refractivity contribution in [2.24, 2.45) is 5.92 Å². The van der Waals surface area contributed by atoms with Crippen molar-refractivity contribution in [3.05, 3.63) is 28.8 Å². The van der Waals surface area contributed by atoms with E-state index in [1.807, 2.05) is 13.0 Å². The third kappa shape index (κ3) is 3.62. The highest BCUT2D eigenvalue weighted by Gasteiger charge is 2.01. The summed E-state index contributed by atoms with van der Waals surface area (Å²) in [5, 5.41) is 0. The number of hydrogen-bond acceptors (Lipinski definition) is 0. The molecule has 0 bridgehead atoms. The second-order valence-corrected chi connectivity index (χ2v) is 2.56. The van der Waals surface area contributed by atoms with Crippen molar-refractivity contribution in [2.75, 3.05) is 0 Å². The van der Waals surface area contributed by atoms with E-state index in [4.69, 9.17) is 6.57 Å². The summed E-state index contributed by atoms with van der Waals surface area (Å²) in [7, 11) is 0. The fourth-order valence-electron chi connectivity index (χ4n) is 0.910. The van der Waals surface area contributed by atoms with E-state index < -0.39 is 0 Å².